The van der Waals surface area contributed by atoms with Gasteiger partial charge in [0.2, 0.25) is 0 Å². The largest absolute Gasteiger partial charge is 0.416 e. The lowest BCUT2D eigenvalue weighted by Gasteiger charge is -2.11. The number of carbonyl (C=O) groups is 1. The zero-order valence-electron chi connectivity index (χ0n) is 19.1. The molecule has 0 saturated heterocycles. The molecule has 0 aliphatic carbocycles. The molecule has 1 atom stereocenters. The van der Waals surface area contributed by atoms with Crippen molar-refractivity contribution in [1.82, 2.24) is 19.1 Å². The summed E-state index contributed by atoms with van der Waals surface area (Å²) in [4.78, 5) is 21.7. The summed E-state index contributed by atoms with van der Waals surface area (Å²) in [5, 5.41) is 10.3. The number of halogens is 4. The first-order valence-corrected chi connectivity index (χ1v) is 11.4. The highest BCUT2D eigenvalue weighted by Gasteiger charge is 2.33. The lowest BCUT2D eigenvalue weighted by Crippen LogP contribution is -2.18. The van der Waals surface area contributed by atoms with Crippen LogP contribution in [0.3, 0.4) is 0 Å². The Labute approximate surface area is 206 Å². The molecule has 2 aromatic carbocycles. The van der Waals surface area contributed by atoms with Gasteiger partial charge in [-0.1, -0.05) is 12.1 Å². The van der Waals surface area contributed by atoms with Crippen LogP contribution >= 0.6 is 0 Å². The van der Waals surface area contributed by atoms with Gasteiger partial charge in [-0.05, 0) is 48.4 Å². The van der Waals surface area contributed by atoms with Crippen molar-refractivity contribution in [2.45, 2.75) is 31.8 Å². The van der Waals surface area contributed by atoms with Crippen LogP contribution in [-0.4, -0.2) is 30.1 Å². The van der Waals surface area contributed by atoms with Crippen molar-refractivity contribution in [1.29, 1.82) is 0 Å². The molecule has 37 heavy (non-hydrogen) atoms. The standard InChI is InChI=1S/C26H19F4N5O2/c27-16-3-1-2-13(8-16)12-35-19-5-4-15(26(28,29)30)10-17(19)21(22(35)23(31)37)14-9-18-24(32-11-14)34-7-6-20(36)25(34)33-18/h1-5,8-11,20,36H,6-7,12H2,(H2,31,37). The number of amides is 1. The predicted octanol–water partition coefficient (Wildman–Crippen LogP) is 4.80. The third-order valence-corrected chi connectivity index (χ3v) is 6.68. The first kappa shape index (κ1) is 23.2. The Kier molecular flexibility index (Phi) is 5.09. The summed E-state index contributed by atoms with van der Waals surface area (Å²) in [7, 11) is 0. The lowest BCUT2D eigenvalue weighted by atomic mass is 10.0. The molecule has 7 nitrogen and oxygen atoms in total. The van der Waals surface area contributed by atoms with Gasteiger partial charge in [-0.3, -0.25) is 4.79 Å². The minimum absolute atomic E-state index is 0.00145. The fourth-order valence-corrected chi connectivity index (χ4v) is 5.08. The highest BCUT2D eigenvalue weighted by atomic mass is 19.4. The molecule has 1 aliphatic rings. The third-order valence-electron chi connectivity index (χ3n) is 6.68. The third kappa shape index (κ3) is 3.73. The van der Waals surface area contributed by atoms with E-state index in [0.717, 1.165) is 12.1 Å². The number of imidazole rings is 1. The molecule has 3 N–H and O–H groups in total. The maximum absolute atomic E-state index is 13.9. The van der Waals surface area contributed by atoms with Gasteiger partial charge in [0, 0.05) is 41.3 Å². The van der Waals surface area contributed by atoms with Crippen molar-refractivity contribution in [2.24, 2.45) is 5.73 Å². The van der Waals surface area contributed by atoms with E-state index < -0.39 is 29.6 Å². The van der Waals surface area contributed by atoms with Gasteiger partial charge in [-0.25, -0.2) is 14.4 Å². The van der Waals surface area contributed by atoms with E-state index in [2.05, 4.69) is 9.97 Å². The minimum atomic E-state index is -4.62. The molecule has 0 spiro atoms. The number of aryl methyl sites for hydroxylation is 1. The van der Waals surface area contributed by atoms with Gasteiger partial charge in [0.25, 0.3) is 5.91 Å². The Morgan fingerprint density at radius 3 is 2.70 bits per heavy atom. The number of pyridine rings is 1. The molecule has 3 aromatic heterocycles. The van der Waals surface area contributed by atoms with E-state index in [1.54, 1.807) is 16.7 Å². The Hall–Kier alpha value is -4.25. The molecule has 4 heterocycles. The van der Waals surface area contributed by atoms with Crippen molar-refractivity contribution < 1.29 is 27.5 Å². The number of aromatic nitrogens is 4. The summed E-state index contributed by atoms with van der Waals surface area (Å²) in [6, 6.07) is 10.5. The molecule has 0 saturated carbocycles. The number of aliphatic hydroxyl groups excluding tert-OH is 1. The molecule has 188 valence electrons. The van der Waals surface area contributed by atoms with Gasteiger partial charge in [-0.15, -0.1) is 0 Å². The van der Waals surface area contributed by atoms with E-state index in [9.17, 15) is 27.5 Å². The van der Waals surface area contributed by atoms with Crippen molar-refractivity contribution in [3.05, 3.63) is 83.2 Å². The van der Waals surface area contributed by atoms with Crippen LogP contribution < -0.4 is 5.73 Å². The fourth-order valence-electron chi connectivity index (χ4n) is 5.08. The Balaban J connectivity index is 1.63. The molecule has 1 unspecified atom stereocenters. The summed E-state index contributed by atoms with van der Waals surface area (Å²) in [5.41, 5.74) is 7.15. The van der Waals surface area contributed by atoms with E-state index >= 15 is 0 Å². The van der Waals surface area contributed by atoms with E-state index in [-0.39, 0.29) is 23.2 Å². The number of primary amides is 1. The zero-order chi connectivity index (χ0) is 26.1. The van der Waals surface area contributed by atoms with Crippen LogP contribution in [0.4, 0.5) is 17.6 Å². The summed E-state index contributed by atoms with van der Waals surface area (Å²) < 4.78 is 58.1. The van der Waals surface area contributed by atoms with E-state index in [1.165, 1.54) is 35.0 Å². The lowest BCUT2D eigenvalue weighted by molar-refractivity contribution is -0.137. The van der Waals surface area contributed by atoms with E-state index in [1.807, 2.05) is 0 Å². The van der Waals surface area contributed by atoms with Crippen LogP contribution in [0, 0.1) is 5.82 Å². The van der Waals surface area contributed by atoms with E-state index in [0.29, 0.717) is 46.6 Å². The van der Waals surface area contributed by atoms with Crippen molar-refractivity contribution in [2.75, 3.05) is 0 Å². The SMILES string of the molecule is NC(=O)c1c(-c2cnc3c(c2)nc2n3CCC2O)c2cc(C(F)(F)F)ccc2n1Cc1cccc(F)c1. The van der Waals surface area contributed by atoms with Crippen molar-refractivity contribution >= 4 is 28.0 Å². The zero-order valence-corrected chi connectivity index (χ0v) is 19.1. The molecule has 11 heteroatoms. The van der Waals surface area contributed by atoms with Crippen LogP contribution in [0.25, 0.3) is 33.2 Å². The number of aliphatic hydroxyl groups is 1. The molecular formula is C26H19F4N5O2. The maximum atomic E-state index is 13.9. The number of benzene rings is 2. The van der Waals surface area contributed by atoms with Gasteiger partial charge >= 0.3 is 6.18 Å². The maximum Gasteiger partial charge on any atom is 0.416 e. The van der Waals surface area contributed by atoms with Crippen LogP contribution in [0.5, 0.6) is 0 Å². The summed E-state index contributed by atoms with van der Waals surface area (Å²) >= 11 is 0. The topological polar surface area (TPSA) is 99.0 Å². The van der Waals surface area contributed by atoms with Crippen LogP contribution in [0.15, 0.2) is 54.7 Å². The number of nitrogens with two attached hydrogens (primary N) is 1. The monoisotopic (exact) mass is 509 g/mol. The quantitative estimate of drug-likeness (QED) is 0.340. The molecular weight excluding hydrogens is 490 g/mol. The molecule has 0 fully saturated rings. The van der Waals surface area contributed by atoms with Crippen LogP contribution in [0.1, 0.15) is 40.0 Å². The Morgan fingerprint density at radius 1 is 1.16 bits per heavy atom. The molecule has 0 radical (unpaired) electrons. The number of hydrogen-bond acceptors (Lipinski definition) is 4. The van der Waals surface area contributed by atoms with Crippen molar-refractivity contribution in [3.63, 3.8) is 0 Å². The highest BCUT2D eigenvalue weighted by Crippen LogP contribution is 2.40. The second kappa shape index (κ2) is 8.13. The second-order valence-corrected chi connectivity index (χ2v) is 9.03. The first-order chi connectivity index (χ1) is 17.6. The van der Waals surface area contributed by atoms with Gasteiger partial charge in [-0.2, -0.15) is 13.2 Å². The van der Waals surface area contributed by atoms with Gasteiger partial charge in [0.05, 0.1) is 5.56 Å². The van der Waals surface area contributed by atoms with Gasteiger partial charge in [0.1, 0.15) is 29.0 Å². The van der Waals surface area contributed by atoms with Crippen LogP contribution in [0.2, 0.25) is 0 Å². The van der Waals surface area contributed by atoms with Gasteiger partial charge < -0.3 is 20.0 Å². The predicted molar refractivity (Wildman–Crippen MR) is 127 cm³/mol. The number of rotatable bonds is 4. The normalized spacial score (nSPS) is 15.5. The smallest absolute Gasteiger partial charge is 0.385 e. The molecule has 6 rings (SSSR count). The molecule has 1 aliphatic heterocycles. The first-order valence-electron chi connectivity index (χ1n) is 11.4. The Morgan fingerprint density at radius 2 is 1.97 bits per heavy atom. The second-order valence-electron chi connectivity index (χ2n) is 9.03. The van der Waals surface area contributed by atoms with Gasteiger partial charge in [0.15, 0.2) is 5.65 Å². The fraction of sp³-hybridized carbons (Fsp3) is 0.192. The highest BCUT2D eigenvalue weighted by molar-refractivity contribution is 6.10. The van der Waals surface area contributed by atoms with Crippen molar-refractivity contribution in [3.8, 4) is 11.1 Å². The summed E-state index contributed by atoms with van der Waals surface area (Å²) in [6.45, 7) is 0.534. The number of hydrogen-bond donors (Lipinski definition) is 2. The average Bonchev–Trinajstić information content (AvgIpc) is 3.49. The number of carbonyl (C=O) groups excluding carboxylic acids is 1. The minimum Gasteiger partial charge on any atom is -0.385 e. The number of fused-ring (bicyclic) bond motifs is 4. The Bertz CT molecular complexity index is 1720. The average molecular weight is 509 g/mol. The summed E-state index contributed by atoms with van der Waals surface area (Å²) in [6.07, 6.45) is -3.38. The number of nitrogens with zero attached hydrogens (tertiary/aromatic N) is 4. The molecule has 5 aromatic rings. The molecule has 0 bridgehead atoms. The molecule has 1 amide bonds. The van der Waals surface area contributed by atoms with E-state index in [4.69, 9.17) is 5.73 Å². The number of alkyl halides is 3. The summed E-state index contributed by atoms with van der Waals surface area (Å²) in [5.74, 6) is -0.888. The van der Waals surface area contributed by atoms with Crippen LogP contribution in [-0.2, 0) is 19.3 Å².